The molecular weight excluding hydrogens is 381 g/mol. The number of carbonyl (C=O) groups is 1. The lowest BCUT2D eigenvalue weighted by molar-refractivity contribution is -0.141. The van der Waals surface area contributed by atoms with Gasteiger partial charge in [0.15, 0.2) is 16.6 Å². The molecule has 2 aromatic heterocycles. The molecule has 0 atom stereocenters. The maximum absolute atomic E-state index is 13.2. The van der Waals surface area contributed by atoms with Gasteiger partial charge in [0.25, 0.3) is 5.91 Å². The summed E-state index contributed by atoms with van der Waals surface area (Å²) in [6.07, 6.45) is -4.56. The minimum absolute atomic E-state index is 0.00249. The Morgan fingerprint density at radius 3 is 2.52 bits per heavy atom. The third kappa shape index (κ3) is 5.62. The first-order valence-electron chi connectivity index (χ1n) is 8.49. The highest BCUT2D eigenvalue weighted by Gasteiger charge is 2.34. The van der Waals surface area contributed by atoms with Crippen molar-refractivity contribution in [2.75, 3.05) is 24.5 Å². The predicted octanol–water partition coefficient (Wildman–Crippen LogP) is 3.98. The summed E-state index contributed by atoms with van der Waals surface area (Å²) in [4.78, 5) is 21.3. The monoisotopic (exact) mass is 402 g/mol. The number of aromatic nitrogens is 2. The third-order valence-corrected chi connectivity index (χ3v) is 4.51. The van der Waals surface area contributed by atoms with Crippen LogP contribution in [0.1, 0.15) is 42.8 Å². The Morgan fingerprint density at radius 1 is 1.22 bits per heavy atom. The first kappa shape index (κ1) is 21.1. The number of alkyl halides is 3. The number of nitrogens with one attached hydrogen (secondary N) is 1. The Balaban J connectivity index is 2.20. The zero-order valence-corrected chi connectivity index (χ0v) is 16.1. The highest BCUT2D eigenvalue weighted by molar-refractivity contribution is 7.98. The molecule has 0 fully saturated rings. The highest BCUT2D eigenvalue weighted by atomic mass is 32.2. The quantitative estimate of drug-likeness (QED) is 0.532. The van der Waals surface area contributed by atoms with E-state index in [1.165, 1.54) is 6.07 Å². The largest absolute Gasteiger partial charge is 0.455 e. The van der Waals surface area contributed by atoms with Gasteiger partial charge in [-0.1, -0.05) is 11.8 Å². The summed E-state index contributed by atoms with van der Waals surface area (Å²) < 4.78 is 44.9. The van der Waals surface area contributed by atoms with E-state index in [4.69, 9.17) is 4.42 Å². The molecule has 1 amide bonds. The van der Waals surface area contributed by atoms with Gasteiger partial charge in [-0.15, -0.1) is 0 Å². The lowest BCUT2D eigenvalue weighted by Crippen LogP contribution is -2.24. The molecule has 6 nitrogen and oxygen atoms in total. The molecule has 0 aliphatic carbocycles. The number of nitrogens with zero attached hydrogens (tertiary/aromatic N) is 3. The average molecular weight is 402 g/mol. The molecule has 0 radical (unpaired) electrons. The van der Waals surface area contributed by atoms with Crippen molar-refractivity contribution >= 4 is 23.5 Å². The fraction of sp³-hybridized carbons (Fsp3) is 0.471. The number of anilines is 1. The number of hydrogen-bond acceptors (Lipinski definition) is 6. The summed E-state index contributed by atoms with van der Waals surface area (Å²) in [5, 5.41) is 2.61. The number of amides is 1. The Labute approximate surface area is 159 Å². The lowest BCUT2D eigenvalue weighted by atomic mass is 10.3. The van der Waals surface area contributed by atoms with Gasteiger partial charge in [0.2, 0.25) is 0 Å². The first-order valence-corrected chi connectivity index (χ1v) is 9.47. The first-order chi connectivity index (χ1) is 12.8. The van der Waals surface area contributed by atoms with E-state index in [0.717, 1.165) is 17.8 Å². The number of furan rings is 1. The molecule has 10 heteroatoms. The molecule has 1 N–H and O–H groups in total. The summed E-state index contributed by atoms with van der Waals surface area (Å²) in [7, 11) is 0. The second-order valence-electron chi connectivity index (χ2n) is 5.48. The van der Waals surface area contributed by atoms with Crippen LogP contribution in [0, 0.1) is 0 Å². The average Bonchev–Trinajstić information content (AvgIpc) is 3.09. The fourth-order valence-corrected chi connectivity index (χ4v) is 3.04. The highest BCUT2D eigenvalue weighted by Crippen LogP contribution is 2.32. The zero-order valence-electron chi connectivity index (χ0n) is 15.3. The van der Waals surface area contributed by atoms with E-state index in [-0.39, 0.29) is 28.4 Å². The molecule has 0 spiro atoms. The summed E-state index contributed by atoms with van der Waals surface area (Å²) in [5.74, 6) is 0.700. The molecule has 0 bridgehead atoms. The predicted molar refractivity (Wildman–Crippen MR) is 96.9 cm³/mol. The van der Waals surface area contributed by atoms with E-state index < -0.39 is 11.9 Å². The SMILES string of the molecule is CCNC(=O)c1ccc(CSc2nc(N(CC)CC)cc(C(F)(F)F)n2)o1. The summed E-state index contributed by atoms with van der Waals surface area (Å²) in [6.45, 7) is 7.01. The van der Waals surface area contributed by atoms with Gasteiger partial charge in [0, 0.05) is 25.7 Å². The molecule has 0 saturated heterocycles. The van der Waals surface area contributed by atoms with Crippen LogP contribution >= 0.6 is 11.8 Å². The Bertz CT molecular complexity index is 776. The maximum atomic E-state index is 13.2. The normalized spacial score (nSPS) is 11.5. The molecule has 0 aliphatic rings. The van der Waals surface area contributed by atoms with Crippen LogP contribution in [0.5, 0.6) is 0 Å². The maximum Gasteiger partial charge on any atom is 0.433 e. The van der Waals surface area contributed by atoms with Crippen molar-refractivity contribution in [1.29, 1.82) is 0 Å². The van der Waals surface area contributed by atoms with Gasteiger partial charge in [-0.3, -0.25) is 4.79 Å². The summed E-state index contributed by atoms with van der Waals surface area (Å²) in [5.41, 5.74) is -0.982. The molecule has 0 aliphatic heterocycles. The minimum Gasteiger partial charge on any atom is -0.455 e. The third-order valence-electron chi connectivity index (χ3n) is 3.64. The Morgan fingerprint density at radius 2 is 1.93 bits per heavy atom. The number of rotatable bonds is 8. The second kappa shape index (κ2) is 9.12. The second-order valence-corrected chi connectivity index (χ2v) is 6.42. The van der Waals surface area contributed by atoms with Gasteiger partial charge < -0.3 is 14.6 Å². The molecule has 0 unspecified atom stereocenters. The molecule has 2 rings (SSSR count). The zero-order chi connectivity index (χ0) is 20.0. The van der Waals surface area contributed by atoms with Crippen molar-refractivity contribution in [3.05, 3.63) is 35.4 Å². The fourth-order valence-electron chi connectivity index (χ4n) is 2.29. The van der Waals surface area contributed by atoms with Crippen molar-refractivity contribution in [2.45, 2.75) is 37.9 Å². The van der Waals surface area contributed by atoms with Crippen molar-refractivity contribution in [3.8, 4) is 0 Å². The smallest absolute Gasteiger partial charge is 0.433 e. The van der Waals surface area contributed by atoms with Gasteiger partial charge in [0.1, 0.15) is 11.6 Å². The van der Waals surface area contributed by atoms with Crippen LogP contribution in [-0.4, -0.2) is 35.5 Å². The van der Waals surface area contributed by atoms with E-state index in [1.54, 1.807) is 17.9 Å². The van der Waals surface area contributed by atoms with Gasteiger partial charge in [-0.25, -0.2) is 9.97 Å². The van der Waals surface area contributed by atoms with Crippen molar-refractivity contribution in [3.63, 3.8) is 0 Å². The van der Waals surface area contributed by atoms with Crippen molar-refractivity contribution in [2.24, 2.45) is 0 Å². The topological polar surface area (TPSA) is 71.3 Å². The van der Waals surface area contributed by atoms with Crippen LogP contribution in [0.3, 0.4) is 0 Å². The van der Waals surface area contributed by atoms with Gasteiger partial charge in [-0.05, 0) is 32.9 Å². The lowest BCUT2D eigenvalue weighted by Gasteiger charge is -2.21. The molecule has 2 aromatic rings. The molecule has 2 heterocycles. The number of hydrogen-bond donors (Lipinski definition) is 1. The summed E-state index contributed by atoms with van der Waals surface area (Å²) >= 11 is 1.02. The molecular formula is C17H21F3N4O2S. The van der Waals surface area contributed by atoms with Crippen LogP contribution in [0.4, 0.5) is 19.0 Å². The van der Waals surface area contributed by atoms with E-state index in [1.807, 2.05) is 13.8 Å². The number of halogens is 3. The van der Waals surface area contributed by atoms with E-state index >= 15 is 0 Å². The van der Waals surface area contributed by atoms with Crippen LogP contribution in [0.25, 0.3) is 0 Å². The molecule has 27 heavy (non-hydrogen) atoms. The van der Waals surface area contributed by atoms with Crippen molar-refractivity contribution < 1.29 is 22.4 Å². The van der Waals surface area contributed by atoms with Gasteiger partial charge >= 0.3 is 6.18 Å². The molecule has 0 saturated carbocycles. The van der Waals surface area contributed by atoms with E-state index in [0.29, 0.717) is 25.4 Å². The van der Waals surface area contributed by atoms with Crippen molar-refractivity contribution in [1.82, 2.24) is 15.3 Å². The molecule has 148 valence electrons. The van der Waals surface area contributed by atoms with Crippen LogP contribution in [-0.2, 0) is 11.9 Å². The van der Waals surface area contributed by atoms with Crippen LogP contribution in [0.15, 0.2) is 27.8 Å². The number of carbonyl (C=O) groups excluding carboxylic acids is 1. The Kier molecular flexibility index (Phi) is 7.11. The van der Waals surface area contributed by atoms with E-state index in [2.05, 4.69) is 15.3 Å². The van der Waals surface area contributed by atoms with Gasteiger partial charge in [-0.2, -0.15) is 13.2 Å². The van der Waals surface area contributed by atoms with E-state index in [9.17, 15) is 18.0 Å². The number of thioether (sulfide) groups is 1. The minimum atomic E-state index is -4.56. The standard InChI is InChI=1S/C17H21F3N4O2S/c1-4-21-15(25)12-8-7-11(26-12)10-27-16-22-13(17(18,19)20)9-14(23-16)24(5-2)6-3/h7-9H,4-6,10H2,1-3H3,(H,21,25). The summed E-state index contributed by atoms with van der Waals surface area (Å²) in [6, 6.07) is 4.09. The van der Waals surface area contributed by atoms with Crippen LogP contribution in [0.2, 0.25) is 0 Å². The molecule has 0 aromatic carbocycles. The Hall–Kier alpha value is -2.23. The van der Waals surface area contributed by atoms with Crippen LogP contribution < -0.4 is 10.2 Å². The van der Waals surface area contributed by atoms with Gasteiger partial charge in [0.05, 0.1) is 5.75 Å².